The lowest BCUT2D eigenvalue weighted by Gasteiger charge is -2.07. The van der Waals surface area contributed by atoms with Gasteiger partial charge in [0.15, 0.2) is 0 Å². The summed E-state index contributed by atoms with van der Waals surface area (Å²) >= 11 is 5.73. The van der Waals surface area contributed by atoms with Crippen LogP contribution in [0.2, 0.25) is 5.02 Å². The standard InChI is InChI=1S/C11H14ClNO5S/c1-2-17-3-4-18-11(14)8-5-9(12)7-10(6-8)19(13,15)16/h5-7H,2-4H2,1H3,(H2,13,15,16). The van der Waals surface area contributed by atoms with Gasteiger partial charge in [-0.25, -0.2) is 18.4 Å². The first-order valence-electron chi connectivity index (χ1n) is 5.43. The zero-order valence-corrected chi connectivity index (χ0v) is 11.8. The molecular formula is C11H14ClNO5S. The van der Waals surface area contributed by atoms with Crippen LogP contribution in [0.15, 0.2) is 23.1 Å². The minimum absolute atomic E-state index is 0.0213. The van der Waals surface area contributed by atoms with E-state index < -0.39 is 16.0 Å². The van der Waals surface area contributed by atoms with E-state index in [4.69, 9.17) is 26.2 Å². The van der Waals surface area contributed by atoms with E-state index in [1.807, 2.05) is 6.92 Å². The minimum Gasteiger partial charge on any atom is -0.460 e. The van der Waals surface area contributed by atoms with Gasteiger partial charge in [-0.05, 0) is 25.1 Å². The summed E-state index contributed by atoms with van der Waals surface area (Å²) in [5.41, 5.74) is 0.0213. The third kappa shape index (κ3) is 5.15. The van der Waals surface area contributed by atoms with Crippen molar-refractivity contribution in [2.75, 3.05) is 19.8 Å². The van der Waals surface area contributed by atoms with Gasteiger partial charge in [-0.2, -0.15) is 0 Å². The average Bonchev–Trinajstić information content (AvgIpc) is 2.32. The number of hydrogen-bond acceptors (Lipinski definition) is 5. The Morgan fingerprint density at radius 3 is 2.58 bits per heavy atom. The molecule has 1 aromatic carbocycles. The molecule has 0 unspecified atom stereocenters. The lowest BCUT2D eigenvalue weighted by atomic mass is 10.2. The molecular weight excluding hydrogens is 294 g/mol. The van der Waals surface area contributed by atoms with E-state index in [0.717, 1.165) is 12.1 Å². The number of benzene rings is 1. The van der Waals surface area contributed by atoms with Crippen molar-refractivity contribution in [3.8, 4) is 0 Å². The molecule has 0 heterocycles. The summed E-state index contributed by atoms with van der Waals surface area (Å²) in [5, 5.41) is 5.06. The summed E-state index contributed by atoms with van der Waals surface area (Å²) < 4.78 is 32.3. The van der Waals surface area contributed by atoms with Gasteiger partial charge in [-0.3, -0.25) is 0 Å². The van der Waals surface area contributed by atoms with Gasteiger partial charge in [0.25, 0.3) is 0 Å². The van der Waals surface area contributed by atoms with E-state index in [9.17, 15) is 13.2 Å². The molecule has 106 valence electrons. The molecule has 0 radical (unpaired) electrons. The number of nitrogens with two attached hydrogens (primary N) is 1. The van der Waals surface area contributed by atoms with E-state index >= 15 is 0 Å². The summed E-state index contributed by atoms with van der Waals surface area (Å²) in [5.74, 6) is -0.688. The van der Waals surface area contributed by atoms with Crippen LogP contribution < -0.4 is 5.14 Å². The number of ether oxygens (including phenoxy) is 2. The van der Waals surface area contributed by atoms with E-state index in [-0.39, 0.29) is 28.7 Å². The average molecular weight is 308 g/mol. The first-order valence-corrected chi connectivity index (χ1v) is 7.35. The smallest absolute Gasteiger partial charge is 0.338 e. The summed E-state index contributed by atoms with van der Waals surface area (Å²) in [6.07, 6.45) is 0. The quantitative estimate of drug-likeness (QED) is 0.629. The number of carbonyl (C=O) groups excluding carboxylic acids is 1. The van der Waals surface area contributed by atoms with Crippen LogP contribution in [0.1, 0.15) is 17.3 Å². The van der Waals surface area contributed by atoms with Gasteiger partial charge >= 0.3 is 5.97 Å². The fourth-order valence-corrected chi connectivity index (χ4v) is 2.15. The number of esters is 1. The molecule has 0 bridgehead atoms. The second-order valence-electron chi connectivity index (χ2n) is 3.55. The van der Waals surface area contributed by atoms with Crippen molar-refractivity contribution in [1.29, 1.82) is 0 Å². The molecule has 0 aromatic heterocycles. The van der Waals surface area contributed by atoms with E-state index in [0.29, 0.717) is 6.61 Å². The fourth-order valence-electron chi connectivity index (χ4n) is 1.27. The first kappa shape index (κ1) is 15.9. The number of primary sulfonamides is 1. The molecule has 1 aromatic rings. The highest BCUT2D eigenvalue weighted by Crippen LogP contribution is 2.18. The van der Waals surface area contributed by atoms with Crippen molar-refractivity contribution < 1.29 is 22.7 Å². The van der Waals surface area contributed by atoms with Gasteiger partial charge in [0, 0.05) is 11.6 Å². The second-order valence-corrected chi connectivity index (χ2v) is 5.55. The van der Waals surface area contributed by atoms with E-state index in [1.165, 1.54) is 6.07 Å². The summed E-state index contributed by atoms with van der Waals surface area (Å²) in [6, 6.07) is 3.58. The van der Waals surface area contributed by atoms with Crippen LogP contribution in [0, 0.1) is 0 Å². The molecule has 0 saturated heterocycles. The fraction of sp³-hybridized carbons (Fsp3) is 0.364. The maximum Gasteiger partial charge on any atom is 0.338 e. The Labute approximate surface area is 116 Å². The molecule has 0 saturated carbocycles. The van der Waals surface area contributed by atoms with E-state index in [1.54, 1.807) is 0 Å². The molecule has 0 spiro atoms. The van der Waals surface area contributed by atoms with Crippen molar-refractivity contribution in [3.63, 3.8) is 0 Å². The molecule has 8 heteroatoms. The molecule has 1 rings (SSSR count). The van der Waals surface area contributed by atoms with Crippen molar-refractivity contribution in [3.05, 3.63) is 28.8 Å². The number of rotatable bonds is 6. The van der Waals surface area contributed by atoms with Gasteiger partial charge in [-0.15, -0.1) is 0 Å². The van der Waals surface area contributed by atoms with Crippen LogP contribution in [-0.4, -0.2) is 34.2 Å². The zero-order chi connectivity index (χ0) is 14.5. The van der Waals surface area contributed by atoms with Crippen molar-refractivity contribution in [2.24, 2.45) is 5.14 Å². The Hall–Kier alpha value is -1.15. The number of halogens is 1. The third-order valence-electron chi connectivity index (χ3n) is 2.10. The topological polar surface area (TPSA) is 95.7 Å². The summed E-state index contributed by atoms with van der Waals surface area (Å²) in [4.78, 5) is 11.4. The summed E-state index contributed by atoms with van der Waals surface area (Å²) in [6.45, 7) is 2.68. The number of sulfonamides is 1. The lowest BCUT2D eigenvalue weighted by Crippen LogP contribution is -2.15. The lowest BCUT2D eigenvalue weighted by molar-refractivity contribution is 0.0335. The largest absolute Gasteiger partial charge is 0.460 e. The Balaban J connectivity index is 2.83. The highest BCUT2D eigenvalue weighted by molar-refractivity contribution is 7.89. The van der Waals surface area contributed by atoms with Gasteiger partial charge < -0.3 is 9.47 Å². The maximum absolute atomic E-state index is 11.7. The van der Waals surface area contributed by atoms with Crippen LogP contribution in [0.5, 0.6) is 0 Å². The van der Waals surface area contributed by atoms with Crippen molar-refractivity contribution >= 4 is 27.6 Å². The first-order chi connectivity index (χ1) is 8.84. The zero-order valence-electron chi connectivity index (χ0n) is 10.3. The highest BCUT2D eigenvalue weighted by atomic mass is 35.5. The van der Waals surface area contributed by atoms with Gasteiger partial charge in [-0.1, -0.05) is 11.6 Å². The Bertz CT molecular complexity index is 558. The van der Waals surface area contributed by atoms with Crippen LogP contribution in [0.3, 0.4) is 0 Å². The maximum atomic E-state index is 11.7. The van der Waals surface area contributed by atoms with Gasteiger partial charge in [0.1, 0.15) is 6.61 Å². The third-order valence-corrected chi connectivity index (χ3v) is 3.21. The molecule has 0 fully saturated rings. The Kier molecular flexibility index (Phi) is 5.74. The molecule has 0 aliphatic rings. The highest BCUT2D eigenvalue weighted by Gasteiger charge is 2.15. The molecule has 0 amide bonds. The van der Waals surface area contributed by atoms with Crippen LogP contribution in [0.4, 0.5) is 0 Å². The number of hydrogen-bond donors (Lipinski definition) is 1. The van der Waals surface area contributed by atoms with Crippen LogP contribution in [0.25, 0.3) is 0 Å². The summed E-state index contributed by atoms with van der Waals surface area (Å²) in [7, 11) is -3.93. The van der Waals surface area contributed by atoms with Gasteiger partial charge in [0.2, 0.25) is 10.0 Å². The molecule has 0 aliphatic carbocycles. The van der Waals surface area contributed by atoms with Crippen LogP contribution >= 0.6 is 11.6 Å². The SMILES string of the molecule is CCOCCOC(=O)c1cc(Cl)cc(S(N)(=O)=O)c1. The van der Waals surface area contributed by atoms with Crippen molar-refractivity contribution in [2.45, 2.75) is 11.8 Å². The molecule has 19 heavy (non-hydrogen) atoms. The minimum atomic E-state index is -3.93. The van der Waals surface area contributed by atoms with Gasteiger partial charge in [0.05, 0.1) is 17.1 Å². The normalized spacial score (nSPS) is 11.3. The molecule has 2 N–H and O–H groups in total. The monoisotopic (exact) mass is 307 g/mol. The predicted molar refractivity (Wildman–Crippen MR) is 69.6 cm³/mol. The van der Waals surface area contributed by atoms with Crippen LogP contribution in [-0.2, 0) is 19.5 Å². The second kappa shape index (κ2) is 6.85. The number of carbonyl (C=O) groups is 1. The Morgan fingerprint density at radius 1 is 1.32 bits per heavy atom. The molecule has 6 nitrogen and oxygen atoms in total. The van der Waals surface area contributed by atoms with Crippen molar-refractivity contribution in [1.82, 2.24) is 0 Å². The Morgan fingerprint density at radius 2 is 2.00 bits per heavy atom. The molecule has 0 aliphatic heterocycles. The van der Waals surface area contributed by atoms with E-state index in [2.05, 4.69) is 0 Å². The predicted octanol–water partition coefficient (Wildman–Crippen LogP) is 1.18. The molecule has 0 atom stereocenters.